The number of pyridine rings is 1. The van der Waals surface area contributed by atoms with Crippen LogP contribution in [0.25, 0.3) is 22.0 Å². The zero-order valence-corrected chi connectivity index (χ0v) is 39.5. The lowest BCUT2D eigenvalue weighted by atomic mass is 9.98. The smallest absolute Gasteiger partial charge is 0.281 e. The molecule has 7 aromatic rings. The summed E-state index contributed by atoms with van der Waals surface area (Å²) >= 11 is 6.44. The van der Waals surface area contributed by atoms with Crippen LogP contribution in [0, 0.1) is 20.8 Å². The number of nitrogens with one attached hydrogen (secondary N) is 1. The van der Waals surface area contributed by atoms with Gasteiger partial charge in [0, 0.05) is 85.1 Å². The van der Waals surface area contributed by atoms with Crippen molar-refractivity contribution >= 4 is 49.9 Å². The zero-order valence-electron chi connectivity index (χ0n) is 37.9. The van der Waals surface area contributed by atoms with Crippen molar-refractivity contribution in [1.82, 2.24) is 29.0 Å². The lowest BCUT2D eigenvalue weighted by molar-refractivity contribution is -0.118. The highest BCUT2D eigenvalue weighted by molar-refractivity contribution is 7.90. The van der Waals surface area contributed by atoms with Gasteiger partial charge in [-0.15, -0.1) is 0 Å². The van der Waals surface area contributed by atoms with Gasteiger partial charge in [0.15, 0.2) is 0 Å². The molecule has 1 fully saturated rings. The molecule has 1 saturated heterocycles. The van der Waals surface area contributed by atoms with Crippen LogP contribution < -0.4 is 19.1 Å². The fraction of sp³-hybridized carbons (Fsp3) is 0.294. The second-order valence-electron chi connectivity index (χ2n) is 16.8. The second-order valence-corrected chi connectivity index (χ2v) is 18.9. The highest BCUT2D eigenvalue weighted by Gasteiger charge is 2.30. The minimum absolute atomic E-state index is 0.0216. The molecule has 0 radical (unpaired) electrons. The van der Waals surface area contributed by atoms with Crippen LogP contribution >= 0.6 is 11.6 Å². The minimum atomic E-state index is -4.25. The van der Waals surface area contributed by atoms with Crippen LogP contribution in [0.15, 0.2) is 114 Å². The number of sulfonamides is 1. The zero-order chi connectivity index (χ0) is 46.5. The Labute approximate surface area is 391 Å². The van der Waals surface area contributed by atoms with Crippen molar-refractivity contribution in [3.05, 3.63) is 154 Å². The molecule has 0 atom stereocenters. The molecule has 15 heteroatoms. The number of ketones is 1. The molecule has 66 heavy (non-hydrogen) atoms. The summed E-state index contributed by atoms with van der Waals surface area (Å²) in [6.07, 6.45) is 4.35. The Morgan fingerprint density at radius 2 is 1.58 bits per heavy atom. The number of amides is 1. The van der Waals surface area contributed by atoms with E-state index in [1.54, 1.807) is 37.5 Å². The van der Waals surface area contributed by atoms with E-state index in [1.807, 2.05) is 91.7 Å². The van der Waals surface area contributed by atoms with Gasteiger partial charge in [-0.2, -0.15) is 5.10 Å². The first-order valence-corrected chi connectivity index (χ1v) is 23.9. The summed E-state index contributed by atoms with van der Waals surface area (Å²) in [5, 5.41) is 6.44. The van der Waals surface area contributed by atoms with Crippen LogP contribution in [0.5, 0.6) is 11.5 Å². The number of aryl methyl sites for hydroxylation is 4. The van der Waals surface area contributed by atoms with E-state index in [2.05, 4.69) is 31.6 Å². The van der Waals surface area contributed by atoms with Gasteiger partial charge in [0.2, 0.25) is 0 Å². The van der Waals surface area contributed by atoms with Gasteiger partial charge in [0.25, 0.3) is 15.9 Å². The second kappa shape index (κ2) is 19.9. The van der Waals surface area contributed by atoms with Gasteiger partial charge >= 0.3 is 0 Å². The molecule has 8 rings (SSSR count). The summed E-state index contributed by atoms with van der Waals surface area (Å²) < 4.78 is 46.4. The van der Waals surface area contributed by atoms with Crippen molar-refractivity contribution in [3.63, 3.8) is 0 Å². The van der Waals surface area contributed by atoms with E-state index < -0.39 is 15.9 Å². The number of carbonyl (C=O) groups excluding carboxylic acids is 2. The van der Waals surface area contributed by atoms with Crippen molar-refractivity contribution in [2.75, 3.05) is 44.2 Å². The highest BCUT2D eigenvalue weighted by Crippen LogP contribution is 2.39. The maximum Gasteiger partial charge on any atom is 0.281 e. The Kier molecular flexibility index (Phi) is 13.9. The third kappa shape index (κ3) is 10.2. The van der Waals surface area contributed by atoms with Crippen LogP contribution in [0.1, 0.15) is 57.5 Å². The van der Waals surface area contributed by atoms with Crippen LogP contribution in [-0.2, 0) is 41.4 Å². The molecule has 3 aromatic heterocycles. The van der Waals surface area contributed by atoms with E-state index in [0.29, 0.717) is 53.8 Å². The molecule has 0 saturated carbocycles. The van der Waals surface area contributed by atoms with E-state index in [1.165, 1.54) is 12.1 Å². The maximum atomic E-state index is 14.8. The van der Waals surface area contributed by atoms with E-state index in [0.717, 1.165) is 76.3 Å². The number of piperazine rings is 1. The topological polar surface area (TPSA) is 141 Å². The van der Waals surface area contributed by atoms with Gasteiger partial charge in [-0.3, -0.25) is 24.2 Å². The molecule has 4 aromatic carbocycles. The number of fused-ring (bicyclic) bond motifs is 1. The summed E-state index contributed by atoms with van der Waals surface area (Å²) in [6, 6.07) is 29.5. The standard InChI is InChI=1S/C51H54ClN7O6S/c1-34-28-41(29-35(2)48(34)52)64-27-11-17-44-43-15-9-16-45(49(43)59(32-38-12-10-22-53-30-38)50(44)51(61)55-66(62,63)42-13-7-6-8-14-42)47-37(4)56(5)54-46(47)33-65-40-20-18-39(19-21-40)58-25-23-57(24-26-58)31-36(3)60/h6-10,12-16,18-22,28-30H,11,17,23-27,31-33H2,1-5H3,(H,55,61). The summed E-state index contributed by atoms with van der Waals surface area (Å²) in [5.41, 5.74) is 8.63. The number of benzene rings is 4. The average molecular weight is 929 g/mol. The van der Waals surface area contributed by atoms with Gasteiger partial charge in [0.1, 0.15) is 35.3 Å². The number of anilines is 1. The molecule has 342 valence electrons. The number of Topliss-reactive ketones (excluding diaryl/α,β-unsaturated/α-hetero) is 1. The molecule has 4 heterocycles. The van der Waals surface area contributed by atoms with Crippen LogP contribution in [-0.4, -0.2) is 83.7 Å². The first-order chi connectivity index (χ1) is 31.8. The summed E-state index contributed by atoms with van der Waals surface area (Å²) in [7, 11) is -2.36. The van der Waals surface area contributed by atoms with Gasteiger partial charge in [-0.1, -0.05) is 54.1 Å². The minimum Gasteiger partial charge on any atom is -0.494 e. The Morgan fingerprint density at radius 3 is 2.26 bits per heavy atom. The maximum absolute atomic E-state index is 14.8. The Bertz CT molecular complexity index is 2960. The number of halogens is 1. The predicted molar refractivity (Wildman–Crippen MR) is 258 cm³/mol. The fourth-order valence-electron chi connectivity index (χ4n) is 8.80. The number of para-hydroxylation sites is 1. The number of hydrogen-bond donors (Lipinski definition) is 1. The molecule has 13 nitrogen and oxygen atoms in total. The van der Waals surface area contributed by atoms with Crippen LogP contribution in [0.4, 0.5) is 5.69 Å². The third-order valence-corrected chi connectivity index (χ3v) is 14.0. The van der Waals surface area contributed by atoms with Crippen molar-refractivity contribution in [3.8, 4) is 22.6 Å². The number of carbonyl (C=O) groups is 2. The largest absolute Gasteiger partial charge is 0.494 e. The molecular weight excluding hydrogens is 874 g/mol. The lowest BCUT2D eigenvalue weighted by Gasteiger charge is -2.35. The van der Waals surface area contributed by atoms with Crippen molar-refractivity contribution in [2.45, 2.75) is 58.6 Å². The molecule has 1 N–H and O–H groups in total. The van der Waals surface area contributed by atoms with E-state index >= 15 is 0 Å². The predicted octanol–water partition coefficient (Wildman–Crippen LogP) is 8.48. The number of nitrogens with zero attached hydrogens (tertiary/aromatic N) is 6. The number of aromatic nitrogens is 4. The van der Waals surface area contributed by atoms with Gasteiger partial charge in [0.05, 0.1) is 23.6 Å². The monoisotopic (exact) mass is 927 g/mol. The van der Waals surface area contributed by atoms with Crippen molar-refractivity contribution in [2.24, 2.45) is 7.05 Å². The van der Waals surface area contributed by atoms with Crippen LogP contribution in [0.2, 0.25) is 5.02 Å². The van der Waals surface area contributed by atoms with Gasteiger partial charge in [-0.05, 0) is 117 Å². The van der Waals surface area contributed by atoms with Crippen LogP contribution in [0.3, 0.4) is 0 Å². The van der Waals surface area contributed by atoms with Crippen molar-refractivity contribution in [1.29, 1.82) is 0 Å². The quantitative estimate of drug-likeness (QED) is 0.0885. The van der Waals surface area contributed by atoms with Gasteiger partial charge < -0.3 is 18.9 Å². The molecule has 0 spiro atoms. The van der Waals surface area contributed by atoms with Crippen molar-refractivity contribution < 1.29 is 27.5 Å². The summed E-state index contributed by atoms with van der Waals surface area (Å²) in [5.74, 6) is 0.810. The van der Waals surface area contributed by atoms with Gasteiger partial charge in [-0.25, -0.2) is 13.1 Å². The summed E-state index contributed by atoms with van der Waals surface area (Å²) in [6.45, 7) is 12.0. The lowest BCUT2D eigenvalue weighted by Crippen LogP contribution is -2.47. The van der Waals surface area contributed by atoms with E-state index in [9.17, 15) is 18.0 Å². The fourth-order valence-corrected chi connectivity index (χ4v) is 9.88. The SMILES string of the molecule is CC(=O)CN1CCN(c2ccc(OCc3nn(C)c(C)c3-c3cccc4c(CCCOc5cc(C)c(Cl)c(C)c5)c(C(=O)NS(=O)(=O)c5ccccc5)n(Cc5cccnc5)c34)cc2)CC1. The molecular formula is C51H54ClN7O6S. The molecule has 0 aliphatic carbocycles. The number of rotatable bonds is 17. The number of hydrogen-bond acceptors (Lipinski definition) is 10. The Balaban J connectivity index is 1.16. The van der Waals surface area contributed by atoms with E-state index in [-0.39, 0.29) is 29.5 Å². The molecule has 0 unspecified atom stereocenters. The third-order valence-electron chi connectivity index (χ3n) is 12.1. The Morgan fingerprint density at radius 1 is 0.848 bits per heavy atom. The average Bonchev–Trinajstić information content (AvgIpc) is 3.78. The first-order valence-electron chi connectivity index (χ1n) is 22.0. The number of ether oxygens (including phenoxy) is 2. The molecule has 1 aliphatic rings. The Hall–Kier alpha value is -6.48. The summed E-state index contributed by atoms with van der Waals surface area (Å²) in [4.78, 5) is 35.3. The van der Waals surface area contributed by atoms with E-state index in [4.69, 9.17) is 26.2 Å². The molecule has 1 amide bonds. The highest BCUT2D eigenvalue weighted by atomic mass is 35.5. The first kappa shape index (κ1) is 46.1. The normalized spacial score (nSPS) is 13.3. The molecule has 0 bridgehead atoms. The molecule has 1 aliphatic heterocycles.